The predicted octanol–water partition coefficient (Wildman–Crippen LogP) is 10.0. The molecule has 0 aliphatic heterocycles. The summed E-state index contributed by atoms with van der Waals surface area (Å²) < 4.78 is 2.38. The quantitative estimate of drug-likeness (QED) is 0.210. The zero-order valence-electron chi connectivity index (χ0n) is 23.3. The van der Waals surface area contributed by atoms with E-state index in [4.69, 9.17) is 4.98 Å². The van der Waals surface area contributed by atoms with Gasteiger partial charge in [-0.05, 0) is 76.7 Å². The van der Waals surface area contributed by atoms with Gasteiger partial charge in [0.05, 0.1) is 11.0 Å². The lowest BCUT2D eigenvalue weighted by molar-refractivity contribution is 1.18. The van der Waals surface area contributed by atoms with Gasteiger partial charge in [0.1, 0.15) is 0 Å². The minimum atomic E-state index is 0.750. The molecule has 0 saturated heterocycles. The molecule has 4 aromatic carbocycles. The van der Waals surface area contributed by atoms with Gasteiger partial charge in [-0.25, -0.2) is 9.97 Å². The minimum Gasteiger partial charge on any atom is -0.309 e. The second-order valence-electron chi connectivity index (χ2n) is 10.7. The first-order chi connectivity index (χ1) is 20.7. The summed E-state index contributed by atoms with van der Waals surface area (Å²) in [5.41, 5.74) is 13.6. The Labute approximate surface area is 244 Å². The van der Waals surface area contributed by atoms with Crippen LogP contribution in [0.2, 0.25) is 0 Å². The van der Waals surface area contributed by atoms with Crippen molar-refractivity contribution in [3.63, 3.8) is 0 Å². The minimum absolute atomic E-state index is 0.750. The molecule has 0 spiro atoms. The average molecular weight is 538 g/mol. The Hall–Kier alpha value is -5.54. The zero-order chi connectivity index (χ0) is 28.2. The molecule has 0 fully saturated rings. The number of pyridine rings is 2. The van der Waals surface area contributed by atoms with Gasteiger partial charge in [0.25, 0.3) is 0 Å². The van der Waals surface area contributed by atoms with Crippen molar-refractivity contribution in [3.8, 4) is 27.9 Å². The fourth-order valence-corrected chi connectivity index (χ4v) is 6.61. The largest absolute Gasteiger partial charge is 0.309 e. The average Bonchev–Trinajstić information content (AvgIpc) is 3.38. The molecule has 0 saturated carbocycles. The highest BCUT2D eigenvalue weighted by atomic mass is 15.0. The van der Waals surface area contributed by atoms with E-state index in [9.17, 15) is 0 Å². The lowest BCUT2D eigenvalue weighted by Crippen LogP contribution is -2.03. The summed E-state index contributed by atoms with van der Waals surface area (Å²) in [6.07, 6.45) is 9.86. The number of nitrogens with zero attached hydrogens (tertiary/aromatic N) is 3. The molecule has 0 bridgehead atoms. The predicted molar refractivity (Wildman–Crippen MR) is 177 cm³/mol. The van der Waals surface area contributed by atoms with Gasteiger partial charge in [0.2, 0.25) is 0 Å². The van der Waals surface area contributed by atoms with E-state index in [0.29, 0.717) is 0 Å². The van der Waals surface area contributed by atoms with E-state index < -0.39 is 0 Å². The maximum Gasteiger partial charge on any atom is 0.159 e. The normalized spacial score (nSPS) is 14.5. The lowest BCUT2D eigenvalue weighted by Gasteiger charge is -2.24. The van der Waals surface area contributed by atoms with Crippen molar-refractivity contribution in [1.82, 2.24) is 14.5 Å². The van der Waals surface area contributed by atoms with Gasteiger partial charge in [-0.2, -0.15) is 0 Å². The summed E-state index contributed by atoms with van der Waals surface area (Å²) in [4.78, 5) is 9.49. The first-order valence-electron chi connectivity index (χ1n) is 14.2. The maximum atomic E-state index is 4.87. The van der Waals surface area contributed by atoms with Gasteiger partial charge in [-0.15, -0.1) is 0 Å². The number of rotatable bonds is 3. The van der Waals surface area contributed by atoms with E-state index in [-0.39, 0.29) is 0 Å². The number of hydrogen-bond donors (Lipinski definition) is 0. The van der Waals surface area contributed by atoms with Crippen LogP contribution in [0.1, 0.15) is 18.1 Å². The maximum absolute atomic E-state index is 4.87. The van der Waals surface area contributed by atoms with Crippen LogP contribution < -0.4 is 0 Å². The molecule has 3 heterocycles. The van der Waals surface area contributed by atoms with Crippen molar-refractivity contribution in [2.45, 2.75) is 6.92 Å². The summed E-state index contributed by atoms with van der Waals surface area (Å²) >= 11 is 0. The smallest absolute Gasteiger partial charge is 0.159 e. The van der Waals surface area contributed by atoms with Gasteiger partial charge < -0.3 is 4.57 Å². The summed E-state index contributed by atoms with van der Waals surface area (Å²) in [6.45, 7) is 6.18. The fourth-order valence-electron chi connectivity index (χ4n) is 6.61. The molecule has 3 aromatic heterocycles. The van der Waals surface area contributed by atoms with E-state index in [2.05, 4.69) is 126 Å². The third-order valence-corrected chi connectivity index (χ3v) is 8.47. The fraction of sp³-hybridized carbons (Fsp3) is 0.0256. The van der Waals surface area contributed by atoms with Crippen molar-refractivity contribution >= 4 is 44.0 Å². The highest BCUT2D eigenvalue weighted by Gasteiger charge is 2.24. The van der Waals surface area contributed by atoms with Crippen molar-refractivity contribution in [1.29, 1.82) is 0 Å². The molecular weight excluding hydrogens is 510 g/mol. The van der Waals surface area contributed by atoms with Gasteiger partial charge in [-0.3, -0.25) is 0 Å². The molecule has 42 heavy (non-hydrogen) atoms. The molecule has 1 aliphatic rings. The van der Waals surface area contributed by atoms with Crippen LogP contribution in [0.3, 0.4) is 0 Å². The number of para-hydroxylation sites is 2. The van der Waals surface area contributed by atoms with E-state index in [1.807, 2.05) is 30.6 Å². The van der Waals surface area contributed by atoms with Gasteiger partial charge in [0.15, 0.2) is 5.65 Å². The molecule has 0 unspecified atom stereocenters. The highest BCUT2D eigenvalue weighted by molar-refractivity contribution is 6.12. The standard InChI is InChI=1S/C39H27N3/c1-3-4-12-27-25(2)28-13-5-6-16-32(28)38-33-17-11-22-40-39(33)41-24-35(38)34-23-26(20-21-29(27)34)42-36-18-9-7-14-30(36)31-15-8-10-19-37(31)42/h3-24H,1H2,2H3/b12-4-,27-25-,28-25?,29-27?,35-34?,38-32?. The van der Waals surface area contributed by atoms with E-state index in [1.165, 1.54) is 44.1 Å². The van der Waals surface area contributed by atoms with Crippen LogP contribution in [0.25, 0.3) is 71.9 Å². The summed E-state index contributed by atoms with van der Waals surface area (Å²) in [5, 5.41) is 3.55. The van der Waals surface area contributed by atoms with Crippen LogP contribution in [0, 0.1) is 0 Å². The van der Waals surface area contributed by atoms with Crippen LogP contribution in [-0.2, 0) is 0 Å². The van der Waals surface area contributed by atoms with Crippen LogP contribution in [-0.4, -0.2) is 14.5 Å². The molecule has 7 aromatic rings. The van der Waals surface area contributed by atoms with Gasteiger partial charge in [0, 0.05) is 45.4 Å². The monoisotopic (exact) mass is 537 g/mol. The second-order valence-corrected chi connectivity index (χ2v) is 10.7. The molecular formula is C39H27N3. The van der Waals surface area contributed by atoms with E-state index >= 15 is 0 Å². The molecule has 198 valence electrons. The highest BCUT2D eigenvalue weighted by Crippen LogP contribution is 2.47. The molecule has 0 radical (unpaired) electrons. The van der Waals surface area contributed by atoms with Gasteiger partial charge in [-0.1, -0.05) is 91.5 Å². The number of fused-ring (bicyclic) bond motifs is 10. The number of aromatic nitrogens is 3. The molecule has 1 aliphatic carbocycles. The van der Waals surface area contributed by atoms with Crippen LogP contribution >= 0.6 is 0 Å². The number of benzene rings is 4. The van der Waals surface area contributed by atoms with Crippen LogP contribution in [0.15, 0.2) is 140 Å². The van der Waals surface area contributed by atoms with Crippen molar-refractivity contribution in [3.05, 3.63) is 151 Å². The zero-order valence-corrected chi connectivity index (χ0v) is 23.3. The SMILES string of the molecule is C=C/C=C\C1=C(/C)c2ccccc2-c2c(cnc3ncccc23)-c2cc(-n3c4ccccc4c4ccccc43)ccc21. The molecule has 0 amide bonds. The number of hydrogen-bond acceptors (Lipinski definition) is 2. The Kier molecular flexibility index (Phi) is 5.51. The van der Waals surface area contributed by atoms with Crippen molar-refractivity contribution < 1.29 is 0 Å². The van der Waals surface area contributed by atoms with E-state index in [0.717, 1.165) is 39.0 Å². The lowest BCUT2D eigenvalue weighted by atomic mass is 9.80. The summed E-state index contributed by atoms with van der Waals surface area (Å²) in [6, 6.07) is 37.0. The van der Waals surface area contributed by atoms with Crippen LogP contribution in [0.5, 0.6) is 0 Å². The second kappa shape index (κ2) is 9.53. The first-order valence-corrected chi connectivity index (χ1v) is 14.2. The Balaban J connectivity index is 1.53. The third-order valence-electron chi connectivity index (χ3n) is 8.47. The van der Waals surface area contributed by atoms with Crippen molar-refractivity contribution in [2.75, 3.05) is 0 Å². The Morgan fingerprint density at radius 2 is 1.33 bits per heavy atom. The van der Waals surface area contributed by atoms with Crippen molar-refractivity contribution in [2.24, 2.45) is 0 Å². The molecule has 8 rings (SSSR count). The summed E-state index contributed by atoms with van der Waals surface area (Å²) in [5.74, 6) is 0. The Morgan fingerprint density at radius 1 is 0.643 bits per heavy atom. The van der Waals surface area contributed by atoms with E-state index in [1.54, 1.807) is 0 Å². The molecule has 3 heteroatoms. The molecule has 0 N–H and O–H groups in total. The third kappa shape index (κ3) is 3.54. The Bertz CT molecular complexity index is 2230. The molecule has 0 atom stereocenters. The summed E-state index contributed by atoms with van der Waals surface area (Å²) in [7, 11) is 0. The first kappa shape index (κ1) is 24.3. The van der Waals surface area contributed by atoms with Gasteiger partial charge >= 0.3 is 0 Å². The molecule has 3 nitrogen and oxygen atoms in total. The topological polar surface area (TPSA) is 30.7 Å². The Morgan fingerprint density at radius 3 is 2.10 bits per heavy atom. The number of allylic oxidation sites excluding steroid dienone is 5. The van der Waals surface area contributed by atoms with Crippen LogP contribution in [0.4, 0.5) is 0 Å².